The molecule has 0 amide bonds. The molecule has 4 aromatic rings. The van der Waals surface area contributed by atoms with Gasteiger partial charge in [-0.1, -0.05) is 59.8 Å². The van der Waals surface area contributed by atoms with Crippen LogP contribution in [0.25, 0.3) is 34.0 Å². The standard InChI is InChI=1S/C21H13F3N2O3S/c22-21(23,24)17-12-14(10-11-15(17)13-6-2-1-3-7-13)19-25-20(29-26-19)16-8-4-5-9-18(16)30(27)28/h1-12,30H. The molecule has 30 heavy (non-hydrogen) atoms. The molecule has 0 radical (unpaired) electrons. The van der Waals surface area contributed by atoms with Crippen LogP contribution in [0.5, 0.6) is 0 Å². The van der Waals surface area contributed by atoms with Gasteiger partial charge in [-0.05, 0) is 29.3 Å². The van der Waals surface area contributed by atoms with E-state index in [4.69, 9.17) is 4.52 Å². The van der Waals surface area contributed by atoms with Gasteiger partial charge in [0.05, 0.1) is 16.0 Å². The number of halogens is 3. The van der Waals surface area contributed by atoms with Crippen LogP contribution in [0.3, 0.4) is 0 Å². The van der Waals surface area contributed by atoms with Crippen LogP contribution in [-0.4, -0.2) is 18.6 Å². The fourth-order valence-corrected chi connectivity index (χ4v) is 3.63. The summed E-state index contributed by atoms with van der Waals surface area (Å²) in [6.45, 7) is 0. The minimum atomic E-state index is -4.60. The zero-order valence-electron chi connectivity index (χ0n) is 15.1. The molecule has 1 aromatic heterocycles. The van der Waals surface area contributed by atoms with Crippen molar-refractivity contribution < 1.29 is 26.1 Å². The first-order valence-corrected chi connectivity index (χ1v) is 9.87. The van der Waals surface area contributed by atoms with E-state index in [0.717, 1.165) is 6.07 Å². The highest BCUT2D eigenvalue weighted by Gasteiger charge is 2.34. The predicted molar refractivity (Wildman–Crippen MR) is 104 cm³/mol. The van der Waals surface area contributed by atoms with Gasteiger partial charge < -0.3 is 4.52 Å². The molecule has 0 atom stereocenters. The van der Waals surface area contributed by atoms with E-state index < -0.39 is 22.4 Å². The number of benzene rings is 3. The molecule has 0 aliphatic rings. The van der Waals surface area contributed by atoms with Gasteiger partial charge in [-0.2, -0.15) is 18.2 Å². The minimum Gasteiger partial charge on any atom is -0.334 e. The van der Waals surface area contributed by atoms with Crippen LogP contribution in [0.2, 0.25) is 0 Å². The predicted octanol–water partition coefficient (Wildman–Crippen LogP) is 5.06. The largest absolute Gasteiger partial charge is 0.417 e. The molecule has 0 spiro atoms. The first-order valence-electron chi connectivity index (χ1n) is 8.69. The third kappa shape index (κ3) is 3.84. The Morgan fingerprint density at radius 1 is 0.800 bits per heavy atom. The van der Waals surface area contributed by atoms with Gasteiger partial charge in [0.15, 0.2) is 10.7 Å². The molecule has 3 aromatic carbocycles. The molecule has 0 saturated heterocycles. The Morgan fingerprint density at radius 3 is 2.20 bits per heavy atom. The molecule has 0 aliphatic heterocycles. The highest BCUT2D eigenvalue weighted by molar-refractivity contribution is 7.72. The third-order valence-electron chi connectivity index (χ3n) is 4.43. The van der Waals surface area contributed by atoms with Gasteiger partial charge in [-0.3, -0.25) is 0 Å². The molecule has 0 aliphatic carbocycles. The second-order valence-electron chi connectivity index (χ2n) is 6.32. The number of alkyl halides is 3. The summed E-state index contributed by atoms with van der Waals surface area (Å²) >= 11 is 0. The average Bonchev–Trinajstić information content (AvgIpc) is 3.23. The Balaban J connectivity index is 1.80. The molecule has 0 saturated carbocycles. The van der Waals surface area contributed by atoms with E-state index in [1.54, 1.807) is 42.5 Å². The first-order chi connectivity index (χ1) is 14.3. The van der Waals surface area contributed by atoms with Crippen LogP contribution in [-0.2, 0) is 16.9 Å². The van der Waals surface area contributed by atoms with Crippen molar-refractivity contribution in [2.24, 2.45) is 0 Å². The lowest BCUT2D eigenvalue weighted by atomic mass is 9.97. The number of hydrogen-bond acceptors (Lipinski definition) is 5. The lowest BCUT2D eigenvalue weighted by Crippen LogP contribution is -2.07. The van der Waals surface area contributed by atoms with Crippen molar-refractivity contribution in [1.29, 1.82) is 0 Å². The Kier molecular flexibility index (Phi) is 5.13. The van der Waals surface area contributed by atoms with Crippen LogP contribution < -0.4 is 0 Å². The Bertz CT molecular complexity index is 1270. The van der Waals surface area contributed by atoms with Crippen LogP contribution in [0.4, 0.5) is 13.2 Å². The van der Waals surface area contributed by atoms with Crippen molar-refractivity contribution in [2.75, 3.05) is 0 Å². The van der Waals surface area contributed by atoms with Crippen molar-refractivity contribution >= 4 is 10.7 Å². The molecule has 9 heteroatoms. The van der Waals surface area contributed by atoms with Gasteiger partial charge in [-0.15, -0.1) is 0 Å². The summed E-state index contributed by atoms with van der Waals surface area (Å²) in [4.78, 5) is 4.09. The summed E-state index contributed by atoms with van der Waals surface area (Å²) in [5.74, 6) is -0.175. The molecule has 0 bridgehead atoms. The number of nitrogens with zero attached hydrogens (tertiary/aromatic N) is 2. The summed E-state index contributed by atoms with van der Waals surface area (Å²) in [7, 11) is -2.91. The van der Waals surface area contributed by atoms with Crippen molar-refractivity contribution in [1.82, 2.24) is 10.1 Å². The smallest absolute Gasteiger partial charge is 0.334 e. The molecule has 0 fully saturated rings. The normalized spacial score (nSPS) is 11.7. The number of hydrogen-bond donors (Lipinski definition) is 1. The van der Waals surface area contributed by atoms with Crippen molar-refractivity contribution in [2.45, 2.75) is 11.1 Å². The summed E-state index contributed by atoms with van der Waals surface area (Å²) in [5.41, 5.74) is -0.0893. The second-order valence-corrected chi connectivity index (χ2v) is 7.32. The summed E-state index contributed by atoms with van der Waals surface area (Å²) in [6, 6.07) is 18.0. The van der Waals surface area contributed by atoms with Gasteiger partial charge in [0.1, 0.15) is 0 Å². The van der Waals surface area contributed by atoms with Crippen LogP contribution in [0.1, 0.15) is 5.56 Å². The quantitative estimate of drug-likeness (QED) is 0.458. The maximum absolute atomic E-state index is 13.7. The first kappa shape index (κ1) is 19.8. The van der Waals surface area contributed by atoms with Crippen LogP contribution in [0.15, 0.2) is 82.2 Å². The van der Waals surface area contributed by atoms with E-state index >= 15 is 0 Å². The van der Waals surface area contributed by atoms with Crippen molar-refractivity contribution in [3.63, 3.8) is 0 Å². The zero-order chi connectivity index (χ0) is 21.3. The molecule has 5 nitrogen and oxygen atoms in total. The topological polar surface area (TPSA) is 73.1 Å². The highest BCUT2D eigenvalue weighted by atomic mass is 32.2. The van der Waals surface area contributed by atoms with Crippen molar-refractivity contribution in [3.05, 3.63) is 78.4 Å². The second kappa shape index (κ2) is 7.75. The van der Waals surface area contributed by atoms with E-state index in [9.17, 15) is 21.6 Å². The highest BCUT2D eigenvalue weighted by Crippen LogP contribution is 2.39. The summed E-state index contributed by atoms with van der Waals surface area (Å²) < 4.78 is 69.1. The van der Waals surface area contributed by atoms with E-state index in [2.05, 4.69) is 10.1 Å². The molecule has 0 unspecified atom stereocenters. The summed E-state index contributed by atoms with van der Waals surface area (Å²) in [5, 5.41) is 3.74. The van der Waals surface area contributed by atoms with Gasteiger partial charge in [0.2, 0.25) is 5.82 Å². The SMILES string of the molecule is O=[SH](=O)c1ccccc1-c1nc(-c2ccc(-c3ccccc3)c(C(F)(F)F)c2)no1. The lowest BCUT2D eigenvalue weighted by molar-refractivity contribution is -0.137. The third-order valence-corrected chi connectivity index (χ3v) is 5.21. The van der Waals surface area contributed by atoms with Crippen LogP contribution >= 0.6 is 0 Å². The Hall–Kier alpha value is -3.46. The van der Waals surface area contributed by atoms with E-state index in [-0.39, 0.29) is 33.3 Å². The van der Waals surface area contributed by atoms with Gasteiger partial charge in [-0.25, -0.2) is 8.42 Å². The molecule has 4 rings (SSSR count). The Labute approximate surface area is 170 Å². The number of thiol groups is 1. The lowest BCUT2D eigenvalue weighted by Gasteiger charge is -2.14. The monoisotopic (exact) mass is 430 g/mol. The van der Waals surface area contributed by atoms with Gasteiger partial charge >= 0.3 is 6.18 Å². The molecule has 1 heterocycles. The van der Waals surface area contributed by atoms with E-state index in [1.165, 1.54) is 24.3 Å². The van der Waals surface area contributed by atoms with Crippen LogP contribution in [0, 0.1) is 0 Å². The molecular formula is C21H13F3N2O3S. The average molecular weight is 430 g/mol. The van der Waals surface area contributed by atoms with E-state index in [0.29, 0.717) is 5.56 Å². The number of aromatic nitrogens is 2. The number of rotatable bonds is 4. The Morgan fingerprint density at radius 2 is 1.50 bits per heavy atom. The fourth-order valence-electron chi connectivity index (χ4n) is 3.05. The van der Waals surface area contributed by atoms with E-state index in [1.807, 2.05) is 0 Å². The summed E-state index contributed by atoms with van der Waals surface area (Å²) in [6.07, 6.45) is -4.60. The minimum absolute atomic E-state index is 0.0156. The zero-order valence-corrected chi connectivity index (χ0v) is 16.0. The maximum atomic E-state index is 13.7. The molecule has 152 valence electrons. The van der Waals surface area contributed by atoms with Gasteiger partial charge in [0, 0.05) is 5.56 Å². The molecular weight excluding hydrogens is 417 g/mol. The molecule has 0 N–H and O–H groups in total. The van der Waals surface area contributed by atoms with Crippen molar-refractivity contribution in [3.8, 4) is 34.0 Å². The maximum Gasteiger partial charge on any atom is 0.417 e. The van der Waals surface area contributed by atoms with Gasteiger partial charge in [0.25, 0.3) is 5.89 Å². The fraction of sp³-hybridized carbons (Fsp3) is 0.0476.